The molecule has 0 unspecified atom stereocenters. The highest BCUT2D eigenvalue weighted by Crippen LogP contribution is 2.41. The van der Waals surface area contributed by atoms with Gasteiger partial charge < -0.3 is 4.57 Å². The zero-order valence-corrected chi connectivity index (χ0v) is 15.7. The quantitative estimate of drug-likeness (QED) is 0.407. The molecular weight excluding hydrogens is 316 g/mol. The fourth-order valence-corrected chi connectivity index (χ4v) is 4.45. The lowest BCUT2D eigenvalue weighted by Gasteiger charge is -2.24. The van der Waals surface area contributed by atoms with E-state index in [-0.39, 0.29) is 5.41 Å². The Labute approximate surface area is 154 Å². The van der Waals surface area contributed by atoms with E-state index in [4.69, 9.17) is 4.98 Å². The molecule has 0 amide bonds. The first kappa shape index (κ1) is 15.6. The second-order valence-corrected chi connectivity index (χ2v) is 8.49. The second kappa shape index (κ2) is 5.44. The number of benzene rings is 2. The molecule has 3 heterocycles. The average molecular weight is 340 g/mol. The molecule has 1 aliphatic heterocycles. The van der Waals surface area contributed by atoms with E-state index < -0.39 is 0 Å². The van der Waals surface area contributed by atoms with Gasteiger partial charge in [-0.3, -0.25) is 4.98 Å². The van der Waals surface area contributed by atoms with Gasteiger partial charge in [0.1, 0.15) is 0 Å². The van der Waals surface area contributed by atoms with Crippen molar-refractivity contribution in [2.45, 2.75) is 40.2 Å². The standard InChI is InChI=1S/C24H24N2/c1-16-7-9-17(10-8-16)21-23-20(12-14-25-21)19-6-4-5-18-11-13-24(2,3)15-26(23)22(18)19/h4-10,12,14H,11,13,15H2,1-3H3. The van der Waals surface area contributed by atoms with Crippen LogP contribution in [0.1, 0.15) is 31.4 Å². The summed E-state index contributed by atoms with van der Waals surface area (Å²) < 4.78 is 2.55. The number of hydrogen-bond donors (Lipinski definition) is 0. The van der Waals surface area contributed by atoms with E-state index in [0.717, 1.165) is 18.7 Å². The van der Waals surface area contributed by atoms with Gasteiger partial charge in [-0.05, 0) is 36.8 Å². The van der Waals surface area contributed by atoms with E-state index in [1.165, 1.54) is 44.9 Å². The summed E-state index contributed by atoms with van der Waals surface area (Å²) in [5.41, 5.74) is 8.02. The van der Waals surface area contributed by atoms with Crippen LogP contribution in [0.15, 0.2) is 54.7 Å². The molecule has 0 aliphatic carbocycles. The molecule has 0 radical (unpaired) electrons. The molecule has 2 nitrogen and oxygen atoms in total. The minimum Gasteiger partial charge on any atom is -0.338 e. The Hall–Kier alpha value is -2.61. The van der Waals surface area contributed by atoms with E-state index >= 15 is 0 Å². The molecule has 0 N–H and O–H groups in total. The van der Waals surface area contributed by atoms with E-state index in [1.807, 2.05) is 6.20 Å². The minimum absolute atomic E-state index is 0.276. The van der Waals surface area contributed by atoms with Crippen LogP contribution in [0.25, 0.3) is 33.1 Å². The fourth-order valence-electron chi connectivity index (χ4n) is 4.45. The van der Waals surface area contributed by atoms with Crippen LogP contribution in [0.4, 0.5) is 0 Å². The molecule has 4 aromatic rings. The lowest BCUT2D eigenvalue weighted by atomic mass is 9.87. The van der Waals surface area contributed by atoms with E-state index in [2.05, 4.69) is 73.9 Å². The monoisotopic (exact) mass is 340 g/mol. The van der Waals surface area contributed by atoms with Crippen molar-refractivity contribution in [3.8, 4) is 11.3 Å². The van der Waals surface area contributed by atoms with E-state index in [1.54, 1.807) is 0 Å². The Morgan fingerprint density at radius 2 is 1.69 bits per heavy atom. The van der Waals surface area contributed by atoms with Gasteiger partial charge >= 0.3 is 0 Å². The normalized spacial score (nSPS) is 16.1. The molecule has 2 heteroatoms. The van der Waals surface area contributed by atoms with Crippen LogP contribution in [0.2, 0.25) is 0 Å². The third-order valence-corrected chi connectivity index (χ3v) is 5.86. The van der Waals surface area contributed by atoms with Crippen LogP contribution in [-0.2, 0) is 13.0 Å². The van der Waals surface area contributed by atoms with Gasteiger partial charge in [-0.15, -0.1) is 0 Å². The second-order valence-electron chi connectivity index (χ2n) is 8.49. The van der Waals surface area contributed by atoms with Gasteiger partial charge in [-0.25, -0.2) is 0 Å². The molecule has 130 valence electrons. The van der Waals surface area contributed by atoms with Crippen molar-refractivity contribution in [3.05, 3.63) is 65.9 Å². The van der Waals surface area contributed by atoms with Crippen molar-refractivity contribution in [3.63, 3.8) is 0 Å². The number of nitrogens with zero attached hydrogens (tertiary/aromatic N) is 2. The maximum atomic E-state index is 4.82. The zero-order chi connectivity index (χ0) is 17.9. The number of aromatic nitrogens is 2. The Bertz CT molecular complexity index is 1130. The first-order valence-corrected chi connectivity index (χ1v) is 9.49. The largest absolute Gasteiger partial charge is 0.338 e. The molecule has 1 aliphatic rings. The van der Waals surface area contributed by atoms with Crippen LogP contribution in [0.5, 0.6) is 0 Å². The molecule has 2 aromatic heterocycles. The van der Waals surface area contributed by atoms with Gasteiger partial charge in [0.15, 0.2) is 0 Å². The summed E-state index contributed by atoms with van der Waals surface area (Å²) in [5, 5.41) is 2.69. The van der Waals surface area contributed by atoms with Crippen LogP contribution in [0.3, 0.4) is 0 Å². The Balaban J connectivity index is 1.92. The van der Waals surface area contributed by atoms with Gasteiger partial charge in [0.05, 0.1) is 16.7 Å². The number of rotatable bonds is 1. The van der Waals surface area contributed by atoms with Crippen LogP contribution >= 0.6 is 0 Å². The third kappa shape index (κ3) is 2.28. The summed E-state index contributed by atoms with van der Waals surface area (Å²) in [7, 11) is 0. The van der Waals surface area contributed by atoms with Gasteiger partial charge in [0.25, 0.3) is 0 Å². The molecule has 0 spiro atoms. The minimum atomic E-state index is 0.276. The number of hydrogen-bond acceptors (Lipinski definition) is 1. The van der Waals surface area contributed by atoms with Gasteiger partial charge in [-0.2, -0.15) is 0 Å². The molecule has 0 atom stereocenters. The Morgan fingerprint density at radius 3 is 2.50 bits per heavy atom. The molecule has 0 bridgehead atoms. The molecule has 0 fully saturated rings. The van der Waals surface area contributed by atoms with Crippen LogP contribution in [0, 0.1) is 12.3 Å². The average Bonchev–Trinajstić information content (AvgIpc) is 2.87. The number of pyridine rings is 1. The van der Waals surface area contributed by atoms with Crippen LogP contribution < -0.4 is 0 Å². The predicted octanol–water partition coefficient (Wildman–Crippen LogP) is 6.14. The first-order chi connectivity index (χ1) is 12.5. The molecule has 5 rings (SSSR count). The van der Waals surface area contributed by atoms with Crippen molar-refractivity contribution >= 4 is 21.8 Å². The van der Waals surface area contributed by atoms with Crippen molar-refractivity contribution in [1.82, 2.24) is 9.55 Å². The molecular formula is C24H24N2. The van der Waals surface area contributed by atoms with Crippen molar-refractivity contribution in [2.24, 2.45) is 5.41 Å². The molecule has 2 aromatic carbocycles. The number of fused-ring (bicyclic) bond motifs is 3. The number of aryl methyl sites for hydroxylation is 2. The summed E-state index contributed by atoms with van der Waals surface area (Å²) in [6.07, 6.45) is 4.33. The van der Waals surface area contributed by atoms with Crippen LogP contribution in [-0.4, -0.2) is 9.55 Å². The highest BCUT2D eigenvalue weighted by molar-refractivity contribution is 6.12. The highest BCUT2D eigenvalue weighted by atomic mass is 15.0. The maximum Gasteiger partial charge on any atom is 0.0945 e. The summed E-state index contributed by atoms with van der Waals surface area (Å²) in [6.45, 7) is 7.94. The smallest absolute Gasteiger partial charge is 0.0945 e. The Kier molecular flexibility index (Phi) is 3.27. The fraction of sp³-hybridized carbons (Fsp3) is 0.292. The van der Waals surface area contributed by atoms with E-state index in [9.17, 15) is 0 Å². The predicted molar refractivity (Wildman–Crippen MR) is 110 cm³/mol. The zero-order valence-electron chi connectivity index (χ0n) is 15.7. The maximum absolute atomic E-state index is 4.82. The van der Waals surface area contributed by atoms with Gasteiger partial charge in [0, 0.05) is 29.1 Å². The molecule has 0 saturated carbocycles. The highest BCUT2D eigenvalue weighted by Gasteiger charge is 2.27. The SMILES string of the molecule is Cc1ccc(-c2nccc3c4cccc5c4n(c23)CC(C)(C)CC5)cc1. The summed E-state index contributed by atoms with van der Waals surface area (Å²) in [5.74, 6) is 0. The molecule has 26 heavy (non-hydrogen) atoms. The first-order valence-electron chi connectivity index (χ1n) is 9.49. The van der Waals surface area contributed by atoms with Crippen molar-refractivity contribution in [1.29, 1.82) is 0 Å². The van der Waals surface area contributed by atoms with Crippen molar-refractivity contribution < 1.29 is 0 Å². The van der Waals surface area contributed by atoms with E-state index in [0.29, 0.717) is 0 Å². The van der Waals surface area contributed by atoms with Gasteiger partial charge in [0.2, 0.25) is 0 Å². The lowest BCUT2D eigenvalue weighted by molar-refractivity contribution is 0.296. The van der Waals surface area contributed by atoms with Crippen molar-refractivity contribution in [2.75, 3.05) is 0 Å². The number of para-hydroxylation sites is 1. The summed E-state index contributed by atoms with van der Waals surface area (Å²) >= 11 is 0. The Morgan fingerprint density at radius 1 is 0.923 bits per heavy atom. The lowest BCUT2D eigenvalue weighted by Crippen LogP contribution is -2.18. The topological polar surface area (TPSA) is 17.8 Å². The van der Waals surface area contributed by atoms with Gasteiger partial charge in [-0.1, -0.05) is 61.9 Å². The molecule has 0 saturated heterocycles. The summed E-state index contributed by atoms with van der Waals surface area (Å²) in [4.78, 5) is 4.82. The third-order valence-electron chi connectivity index (χ3n) is 5.86. The summed E-state index contributed by atoms with van der Waals surface area (Å²) in [6, 6.07) is 17.7.